The van der Waals surface area contributed by atoms with Crippen LogP contribution in [0.3, 0.4) is 0 Å². The normalized spacial score (nSPS) is 17.6. The Labute approximate surface area is 125 Å². The van der Waals surface area contributed by atoms with Crippen molar-refractivity contribution in [1.82, 2.24) is 18.7 Å². The molecule has 0 spiro atoms. The predicted molar refractivity (Wildman–Crippen MR) is 81.2 cm³/mol. The third-order valence-electron chi connectivity index (χ3n) is 4.01. The number of fused-ring (bicyclic) bond motifs is 3. The van der Waals surface area contributed by atoms with Crippen LogP contribution in [-0.2, 0) is 18.9 Å². The van der Waals surface area contributed by atoms with Crippen LogP contribution in [0.1, 0.15) is 26.8 Å². The smallest absolute Gasteiger partial charge is 0.294 e. The summed E-state index contributed by atoms with van der Waals surface area (Å²) >= 11 is 0. The van der Waals surface area contributed by atoms with Gasteiger partial charge in [0.1, 0.15) is 0 Å². The van der Waals surface area contributed by atoms with E-state index in [9.17, 15) is 14.4 Å². The van der Waals surface area contributed by atoms with Gasteiger partial charge < -0.3 is 0 Å². The first-order chi connectivity index (χ1) is 10.3. The van der Waals surface area contributed by atoms with Gasteiger partial charge in [-0.2, -0.15) is 15.1 Å². The molecule has 3 heterocycles. The summed E-state index contributed by atoms with van der Waals surface area (Å²) in [6.07, 6.45) is 0. The Kier molecular flexibility index (Phi) is 2.84. The summed E-state index contributed by atoms with van der Waals surface area (Å²) in [5, 5.41) is 5.38. The molecule has 0 N–H and O–H groups in total. The van der Waals surface area contributed by atoms with Gasteiger partial charge in [-0.1, -0.05) is 0 Å². The highest BCUT2D eigenvalue weighted by molar-refractivity contribution is 5.99. The highest BCUT2D eigenvalue weighted by Crippen LogP contribution is 2.29. The van der Waals surface area contributed by atoms with Gasteiger partial charge in [0.05, 0.1) is 11.8 Å². The Morgan fingerprint density at radius 2 is 1.82 bits per heavy atom. The fourth-order valence-electron chi connectivity index (χ4n) is 2.60. The molecule has 1 atom stereocenters. The van der Waals surface area contributed by atoms with Crippen LogP contribution in [-0.4, -0.2) is 30.3 Å². The van der Waals surface area contributed by atoms with Crippen LogP contribution < -0.4 is 16.3 Å². The van der Waals surface area contributed by atoms with Gasteiger partial charge in [0.25, 0.3) is 5.56 Å². The van der Waals surface area contributed by atoms with E-state index >= 15 is 0 Å². The second kappa shape index (κ2) is 4.39. The van der Waals surface area contributed by atoms with E-state index in [-0.39, 0.29) is 29.1 Å². The van der Waals surface area contributed by atoms with E-state index in [2.05, 4.69) is 10.1 Å². The molecule has 116 valence electrons. The molecule has 0 aliphatic carbocycles. The fraction of sp³-hybridized carbons (Fsp3) is 0.462. The molecule has 0 radical (unpaired) electrons. The van der Waals surface area contributed by atoms with Crippen molar-refractivity contribution in [3.8, 4) is 0 Å². The molecule has 0 fully saturated rings. The zero-order valence-corrected chi connectivity index (χ0v) is 13.0. The number of aryl methyl sites for hydroxylation is 1. The number of anilines is 1. The van der Waals surface area contributed by atoms with Gasteiger partial charge in [0, 0.05) is 21.0 Å². The Morgan fingerprint density at radius 3 is 2.41 bits per heavy atom. The quantitative estimate of drug-likeness (QED) is 0.670. The van der Waals surface area contributed by atoms with Gasteiger partial charge in [-0.05, 0) is 13.8 Å². The first-order valence-corrected chi connectivity index (χ1v) is 6.79. The lowest BCUT2D eigenvalue weighted by Gasteiger charge is -2.27. The number of hydrogen-bond donors (Lipinski definition) is 0. The maximum Gasteiger partial charge on any atom is 0.332 e. The van der Waals surface area contributed by atoms with Crippen LogP contribution in [0.5, 0.6) is 0 Å². The van der Waals surface area contributed by atoms with E-state index < -0.39 is 11.2 Å². The molecule has 3 rings (SSSR count). The molecule has 0 saturated carbocycles. The van der Waals surface area contributed by atoms with Gasteiger partial charge in [0.2, 0.25) is 11.9 Å². The molecule has 0 aromatic carbocycles. The average molecular weight is 304 g/mol. The monoisotopic (exact) mass is 304 g/mol. The number of hydrazone groups is 1. The molecule has 1 aliphatic heterocycles. The molecule has 2 aromatic heterocycles. The van der Waals surface area contributed by atoms with E-state index in [1.165, 1.54) is 18.5 Å². The highest BCUT2D eigenvalue weighted by Gasteiger charge is 2.31. The standard InChI is InChI=1S/C13H16N6O3/c1-6-7(2)18-9-10(14-12(18)19(15-6)8(3)20)16(4)13(22)17(5)11(9)21/h7H,1-5H3. The van der Waals surface area contributed by atoms with E-state index in [0.29, 0.717) is 5.71 Å². The largest absolute Gasteiger partial charge is 0.332 e. The van der Waals surface area contributed by atoms with Crippen molar-refractivity contribution in [2.75, 3.05) is 5.01 Å². The van der Waals surface area contributed by atoms with Crippen LogP contribution in [0.25, 0.3) is 11.2 Å². The van der Waals surface area contributed by atoms with Crippen molar-refractivity contribution in [1.29, 1.82) is 0 Å². The molecule has 1 aliphatic rings. The Bertz CT molecular complexity index is 961. The minimum atomic E-state index is -0.465. The number of aromatic nitrogens is 4. The van der Waals surface area contributed by atoms with E-state index in [1.807, 2.05) is 6.92 Å². The molecule has 1 amide bonds. The topological polar surface area (TPSA) is 94.5 Å². The first-order valence-electron chi connectivity index (χ1n) is 6.79. The lowest BCUT2D eigenvalue weighted by atomic mass is 10.2. The van der Waals surface area contributed by atoms with Crippen LogP contribution in [0.2, 0.25) is 0 Å². The zero-order valence-electron chi connectivity index (χ0n) is 13.0. The van der Waals surface area contributed by atoms with Crippen LogP contribution in [0.15, 0.2) is 14.7 Å². The summed E-state index contributed by atoms with van der Waals surface area (Å²) in [4.78, 5) is 40.7. The Morgan fingerprint density at radius 1 is 1.18 bits per heavy atom. The number of nitrogens with zero attached hydrogens (tertiary/aromatic N) is 6. The van der Waals surface area contributed by atoms with Crippen molar-refractivity contribution in [2.24, 2.45) is 19.2 Å². The van der Waals surface area contributed by atoms with Crippen LogP contribution in [0, 0.1) is 0 Å². The molecular weight excluding hydrogens is 288 g/mol. The van der Waals surface area contributed by atoms with Crippen LogP contribution >= 0.6 is 0 Å². The molecule has 1 unspecified atom stereocenters. The molecule has 22 heavy (non-hydrogen) atoms. The van der Waals surface area contributed by atoms with Crippen LogP contribution in [0.4, 0.5) is 5.95 Å². The number of carbonyl (C=O) groups is 1. The zero-order chi connectivity index (χ0) is 16.3. The summed E-state index contributed by atoms with van der Waals surface area (Å²) in [5.74, 6) is -0.0662. The molecule has 2 aromatic rings. The highest BCUT2D eigenvalue weighted by atomic mass is 16.2. The average Bonchev–Trinajstić information content (AvgIpc) is 2.87. The maximum atomic E-state index is 12.5. The van der Waals surface area contributed by atoms with E-state index in [4.69, 9.17) is 0 Å². The summed E-state index contributed by atoms with van der Waals surface area (Å²) < 4.78 is 3.98. The number of carbonyl (C=O) groups excluding carboxylic acids is 1. The second-order valence-electron chi connectivity index (χ2n) is 5.41. The van der Waals surface area contributed by atoms with Gasteiger partial charge in [-0.3, -0.25) is 23.3 Å². The molecule has 0 saturated heterocycles. The third kappa shape index (κ3) is 1.62. The maximum absolute atomic E-state index is 12.5. The van der Waals surface area contributed by atoms with Gasteiger partial charge in [-0.25, -0.2) is 4.79 Å². The van der Waals surface area contributed by atoms with Crippen molar-refractivity contribution in [3.63, 3.8) is 0 Å². The Balaban J connectivity index is 2.53. The minimum Gasteiger partial charge on any atom is -0.294 e. The van der Waals surface area contributed by atoms with Gasteiger partial charge in [0.15, 0.2) is 11.2 Å². The van der Waals surface area contributed by atoms with E-state index in [0.717, 1.165) is 9.58 Å². The number of imidazole rings is 1. The predicted octanol–water partition coefficient (Wildman–Crippen LogP) is -0.263. The van der Waals surface area contributed by atoms with Crippen molar-refractivity contribution in [2.45, 2.75) is 26.8 Å². The number of rotatable bonds is 0. The lowest BCUT2D eigenvalue weighted by Crippen LogP contribution is -2.39. The van der Waals surface area contributed by atoms with Crippen molar-refractivity contribution < 1.29 is 4.79 Å². The molecule has 0 bridgehead atoms. The third-order valence-corrected chi connectivity index (χ3v) is 4.01. The molecular formula is C13H16N6O3. The van der Waals surface area contributed by atoms with E-state index in [1.54, 1.807) is 18.5 Å². The van der Waals surface area contributed by atoms with Gasteiger partial charge >= 0.3 is 5.69 Å². The summed E-state index contributed by atoms with van der Waals surface area (Å²) in [6, 6.07) is -0.235. The van der Waals surface area contributed by atoms with Crippen molar-refractivity contribution in [3.05, 3.63) is 20.8 Å². The lowest BCUT2D eigenvalue weighted by molar-refractivity contribution is -0.116. The SMILES string of the molecule is CC(=O)N1N=C(C)C(C)n2c1nc1c2c(=O)n(C)c(=O)n1C. The second-order valence-corrected chi connectivity index (χ2v) is 5.41. The van der Waals surface area contributed by atoms with Crippen molar-refractivity contribution >= 4 is 28.7 Å². The first kappa shape index (κ1) is 14.2. The number of hydrogen-bond acceptors (Lipinski definition) is 5. The fourth-order valence-corrected chi connectivity index (χ4v) is 2.60. The number of amides is 1. The summed E-state index contributed by atoms with van der Waals surface area (Å²) in [5.41, 5.74) is 0.297. The minimum absolute atomic E-state index is 0.235. The molecule has 9 nitrogen and oxygen atoms in total. The van der Waals surface area contributed by atoms with Gasteiger partial charge in [-0.15, -0.1) is 0 Å². The summed E-state index contributed by atoms with van der Waals surface area (Å²) in [7, 11) is 2.96. The Hall–Kier alpha value is -2.71. The molecule has 9 heteroatoms. The summed E-state index contributed by atoms with van der Waals surface area (Å²) in [6.45, 7) is 5.01.